The van der Waals surface area contributed by atoms with E-state index in [9.17, 15) is 9.90 Å². The second-order valence-corrected chi connectivity index (χ2v) is 7.69. The van der Waals surface area contributed by atoms with E-state index in [4.69, 9.17) is 4.74 Å². The Morgan fingerprint density at radius 1 is 1.04 bits per heavy atom. The van der Waals surface area contributed by atoms with Crippen LogP contribution in [0.1, 0.15) is 31.2 Å². The van der Waals surface area contributed by atoms with Gasteiger partial charge in [-0.1, -0.05) is 43.2 Å². The van der Waals surface area contributed by atoms with Crippen LogP contribution in [0.5, 0.6) is 0 Å². The lowest BCUT2D eigenvalue weighted by molar-refractivity contribution is -0.135. The molecule has 0 unspecified atom stereocenters. The molecule has 3 rings (SSSR count). The van der Waals surface area contributed by atoms with Gasteiger partial charge < -0.3 is 19.6 Å². The second kappa shape index (κ2) is 10.0. The third kappa shape index (κ3) is 5.53. The lowest BCUT2D eigenvalue weighted by Gasteiger charge is -2.26. The summed E-state index contributed by atoms with van der Waals surface area (Å²) < 4.78 is 5.60. The van der Waals surface area contributed by atoms with E-state index in [1.165, 1.54) is 25.7 Å². The average molecular weight is 360 g/mol. The third-order valence-corrected chi connectivity index (χ3v) is 5.69. The molecule has 2 aliphatic heterocycles. The van der Waals surface area contributed by atoms with Crippen molar-refractivity contribution in [3.8, 4) is 0 Å². The molecule has 0 spiro atoms. The fourth-order valence-corrected chi connectivity index (χ4v) is 4.13. The van der Waals surface area contributed by atoms with Crippen LogP contribution in [-0.2, 0) is 16.1 Å². The number of hydrogen-bond donors (Lipinski definition) is 1. The van der Waals surface area contributed by atoms with Gasteiger partial charge >= 0.3 is 0 Å². The van der Waals surface area contributed by atoms with Crippen LogP contribution in [0, 0.1) is 11.8 Å². The molecule has 1 amide bonds. The number of aliphatic hydroxyl groups is 1. The molecule has 2 saturated heterocycles. The molecule has 0 saturated carbocycles. The molecule has 144 valence electrons. The van der Waals surface area contributed by atoms with E-state index < -0.39 is 0 Å². The zero-order valence-electron chi connectivity index (χ0n) is 15.7. The number of benzene rings is 1. The highest BCUT2D eigenvalue weighted by Crippen LogP contribution is 2.25. The van der Waals surface area contributed by atoms with Gasteiger partial charge in [0, 0.05) is 32.2 Å². The molecule has 5 nitrogen and oxygen atoms in total. The highest BCUT2D eigenvalue weighted by Gasteiger charge is 2.35. The van der Waals surface area contributed by atoms with Gasteiger partial charge in [-0.25, -0.2) is 0 Å². The van der Waals surface area contributed by atoms with E-state index in [0.29, 0.717) is 19.1 Å². The van der Waals surface area contributed by atoms with Crippen LogP contribution in [0.3, 0.4) is 0 Å². The molecular formula is C21H32N2O3. The van der Waals surface area contributed by atoms with Gasteiger partial charge in [0.05, 0.1) is 6.61 Å². The monoisotopic (exact) mass is 360 g/mol. The minimum Gasteiger partial charge on any atom is -0.396 e. The minimum atomic E-state index is 0.0396. The van der Waals surface area contributed by atoms with Crippen LogP contribution >= 0.6 is 0 Å². The summed E-state index contributed by atoms with van der Waals surface area (Å²) in [6.07, 6.45) is 5.20. The molecule has 1 N–H and O–H groups in total. The van der Waals surface area contributed by atoms with Crippen molar-refractivity contribution in [2.45, 2.75) is 32.3 Å². The van der Waals surface area contributed by atoms with Crippen molar-refractivity contribution in [3.05, 3.63) is 35.9 Å². The van der Waals surface area contributed by atoms with Gasteiger partial charge in [0.1, 0.15) is 6.61 Å². The Bertz CT molecular complexity index is 543. The number of amides is 1. The topological polar surface area (TPSA) is 53.0 Å². The summed E-state index contributed by atoms with van der Waals surface area (Å²) in [5.74, 6) is 0.602. The summed E-state index contributed by atoms with van der Waals surface area (Å²) in [5.41, 5.74) is 1.08. The smallest absolute Gasteiger partial charge is 0.248 e. The molecule has 2 heterocycles. The Balaban J connectivity index is 1.45. The van der Waals surface area contributed by atoms with E-state index in [0.717, 1.165) is 31.7 Å². The molecule has 0 aliphatic carbocycles. The van der Waals surface area contributed by atoms with Gasteiger partial charge in [-0.3, -0.25) is 4.79 Å². The Labute approximate surface area is 156 Å². The maximum absolute atomic E-state index is 12.5. The number of rotatable bonds is 7. The molecule has 26 heavy (non-hydrogen) atoms. The number of aliphatic hydroxyl groups excluding tert-OH is 1. The first-order valence-corrected chi connectivity index (χ1v) is 9.99. The van der Waals surface area contributed by atoms with Crippen LogP contribution in [0.4, 0.5) is 0 Å². The summed E-state index contributed by atoms with van der Waals surface area (Å²) in [5, 5.41) is 9.76. The Hall–Kier alpha value is -1.43. The van der Waals surface area contributed by atoms with E-state index in [1.54, 1.807) is 0 Å². The van der Waals surface area contributed by atoms with Crippen LogP contribution in [-0.4, -0.2) is 66.8 Å². The first kappa shape index (κ1) is 19.3. The molecular weight excluding hydrogens is 328 g/mol. The predicted octanol–water partition coefficient (Wildman–Crippen LogP) is 2.15. The van der Waals surface area contributed by atoms with Crippen molar-refractivity contribution >= 4 is 5.91 Å². The number of carbonyl (C=O) groups is 1. The lowest BCUT2D eigenvalue weighted by Crippen LogP contribution is -2.35. The van der Waals surface area contributed by atoms with E-state index in [2.05, 4.69) is 4.90 Å². The van der Waals surface area contributed by atoms with Gasteiger partial charge in [0.2, 0.25) is 5.91 Å². The van der Waals surface area contributed by atoms with Crippen molar-refractivity contribution in [2.24, 2.45) is 11.8 Å². The molecule has 2 aliphatic rings. The SMILES string of the molecule is O=C(COCc1ccccc1)N1C[C@@H](CN2CCCCCC2)[C@@H](CO)C1. The predicted molar refractivity (Wildman–Crippen MR) is 102 cm³/mol. The number of ether oxygens (including phenoxy) is 1. The highest BCUT2D eigenvalue weighted by atomic mass is 16.5. The molecule has 2 fully saturated rings. The van der Waals surface area contributed by atoms with Gasteiger partial charge in [0.25, 0.3) is 0 Å². The van der Waals surface area contributed by atoms with Crippen molar-refractivity contribution < 1.29 is 14.6 Å². The third-order valence-electron chi connectivity index (χ3n) is 5.69. The fraction of sp³-hybridized carbons (Fsp3) is 0.667. The average Bonchev–Trinajstić information content (AvgIpc) is 2.89. The highest BCUT2D eigenvalue weighted by molar-refractivity contribution is 5.77. The largest absolute Gasteiger partial charge is 0.396 e. The normalized spacial score (nSPS) is 24.6. The van der Waals surface area contributed by atoms with Gasteiger partial charge in [0.15, 0.2) is 0 Å². The van der Waals surface area contributed by atoms with Gasteiger partial charge in [-0.05, 0) is 37.4 Å². The van der Waals surface area contributed by atoms with Crippen molar-refractivity contribution in [3.63, 3.8) is 0 Å². The summed E-state index contributed by atoms with van der Waals surface area (Å²) in [7, 11) is 0. The standard InChI is InChI=1S/C21H32N2O3/c24-15-20-14-23(13-19(20)12-22-10-6-1-2-7-11-22)21(25)17-26-16-18-8-4-3-5-9-18/h3-5,8-9,19-20,24H,1-2,6-7,10-17H2/t19-,20-/m1/s1. The number of likely N-dealkylation sites (tertiary alicyclic amines) is 2. The molecule has 0 radical (unpaired) electrons. The van der Waals surface area contributed by atoms with E-state index in [1.807, 2.05) is 35.2 Å². The van der Waals surface area contributed by atoms with Crippen LogP contribution in [0.15, 0.2) is 30.3 Å². The zero-order valence-corrected chi connectivity index (χ0v) is 15.7. The molecule has 2 atom stereocenters. The summed E-state index contributed by atoms with van der Waals surface area (Å²) in [6, 6.07) is 9.91. The number of hydrogen-bond acceptors (Lipinski definition) is 4. The van der Waals surface area contributed by atoms with Crippen molar-refractivity contribution in [1.82, 2.24) is 9.80 Å². The molecule has 5 heteroatoms. The molecule has 1 aromatic rings. The van der Waals surface area contributed by atoms with Crippen molar-refractivity contribution in [2.75, 3.05) is 45.9 Å². The second-order valence-electron chi connectivity index (χ2n) is 7.69. The molecule has 0 aromatic heterocycles. The van der Waals surface area contributed by atoms with E-state index >= 15 is 0 Å². The maximum Gasteiger partial charge on any atom is 0.248 e. The van der Waals surface area contributed by atoms with Crippen LogP contribution in [0.25, 0.3) is 0 Å². The quantitative estimate of drug-likeness (QED) is 0.809. The molecule has 0 bridgehead atoms. The van der Waals surface area contributed by atoms with E-state index in [-0.39, 0.29) is 25.0 Å². The number of carbonyl (C=O) groups excluding carboxylic acids is 1. The summed E-state index contributed by atoms with van der Waals surface area (Å²) in [6.45, 7) is 5.45. The number of nitrogens with zero attached hydrogens (tertiary/aromatic N) is 2. The summed E-state index contributed by atoms with van der Waals surface area (Å²) in [4.78, 5) is 16.9. The lowest BCUT2D eigenvalue weighted by atomic mass is 9.96. The Kier molecular flexibility index (Phi) is 7.47. The zero-order chi connectivity index (χ0) is 18.2. The molecule has 1 aromatic carbocycles. The van der Waals surface area contributed by atoms with Gasteiger partial charge in [-0.2, -0.15) is 0 Å². The fourth-order valence-electron chi connectivity index (χ4n) is 4.13. The van der Waals surface area contributed by atoms with Crippen LogP contribution in [0.2, 0.25) is 0 Å². The van der Waals surface area contributed by atoms with Crippen molar-refractivity contribution in [1.29, 1.82) is 0 Å². The van der Waals surface area contributed by atoms with Crippen LogP contribution < -0.4 is 0 Å². The Morgan fingerprint density at radius 2 is 1.73 bits per heavy atom. The summed E-state index contributed by atoms with van der Waals surface area (Å²) >= 11 is 0. The first-order valence-electron chi connectivity index (χ1n) is 9.99. The minimum absolute atomic E-state index is 0.0396. The first-order chi connectivity index (χ1) is 12.8. The Morgan fingerprint density at radius 3 is 2.42 bits per heavy atom. The maximum atomic E-state index is 12.5. The van der Waals surface area contributed by atoms with Gasteiger partial charge in [-0.15, -0.1) is 0 Å².